The maximum Gasteiger partial charge on any atom is 0.135 e. The molecule has 0 spiro atoms. The highest BCUT2D eigenvalue weighted by Crippen LogP contribution is 2.39. The van der Waals surface area contributed by atoms with Gasteiger partial charge in [0.25, 0.3) is 0 Å². The Kier molecular flexibility index (Phi) is 4.65. The van der Waals surface area contributed by atoms with E-state index in [9.17, 15) is 10.2 Å². The molecule has 0 bridgehead atoms. The van der Waals surface area contributed by atoms with E-state index in [0.29, 0.717) is 12.1 Å². The van der Waals surface area contributed by atoms with Crippen molar-refractivity contribution in [3.8, 4) is 5.75 Å². The van der Waals surface area contributed by atoms with Crippen molar-refractivity contribution in [1.29, 1.82) is 0 Å². The molecule has 1 aliphatic rings. The van der Waals surface area contributed by atoms with Gasteiger partial charge in [-0.15, -0.1) is 0 Å². The van der Waals surface area contributed by atoms with Crippen LogP contribution in [0.25, 0.3) is 0 Å². The summed E-state index contributed by atoms with van der Waals surface area (Å²) in [4.78, 5) is 0. The summed E-state index contributed by atoms with van der Waals surface area (Å²) in [6.07, 6.45) is 4.96. The summed E-state index contributed by atoms with van der Waals surface area (Å²) in [5.74, 6) is 0.193. The first-order valence-corrected chi connectivity index (χ1v) is 7.30. The van der Waals surface area contributed by atoms with Crippen LogP contribution < -0.4 is 5.32 Å². The third-order valence-electron chi connectivity index (χ3n) is 3.59. The summed E-state index contributed by atoms with van der Waals surface area (Å²) in [5, 5.41) is 23.2. The van der Waals surface area contributed by atoms with Crippen LogP contribution in [0.3, 0.4) is 0 Å². The first kappa shape index (κ1) is 13.8. The number of hydrogen-bond acceptors (Lipinski definition) is 3. The van der Waals surface area contributed by atoms with Crippen molar-refractivity contribution in [2.75, 3.05) is 13.6 Å². The molecule has 1 unspecified atom stereocenters. The van der Waals surface area contributed by atoms with Gasteiger partial charge < -0.3 is 15.5 Å². The van der Waals surface area contributed by atoms with Gasteiger partial charge in [0, 0.05) is 12.1 Å². The van der Waals surface area contributed by atoms with Crippen LogP contribution in [0.4, 0.5) is 0 Å². The van der Waals surface area contributed by atoms with Crippen molar-refractivity contribution in [3.63, 3.8) is 0 Å². The summed E-state index contributed by atoms with van der Waals surface area (Å²) < 4.78 is 0.770. The largest absolute Gasteiger partial charge is 0.506 e. The van der Waals surface area contributed by atoms with Crippen molar-refractivity contribution in [2.45, 2.75) is 38.2 Å². The Bertz CT molecular complexity index is 434. The number of rotatable bonds is 3. The summed E-state index contributed by atoms with van der Waals surface area (Å²) in [5.41, 5.74) is 3.10. The van der Waals surface area contributed by atoms with E-state index in [-0.39, 0.29) is 5.75 Å². The number of aromatic hydroxyl groups is 1. The average Bonchev–Trinajstić information content (AvgIpc) is 2.59. The molecular formula is C14H20BrNO2. The van der Waals surface area contributed by atoms with Gasteiger partial charge in [0.15, 0.2) is 0 Å². The first-order chi connectivity index (χ1) is 8.65. The highest BCUT2D eigenvalue weighted by molar-refractivity contribution is 9.10. The highest BCUT2D eigenvalue weighted by atomic mass is 79.9. The summed E-state index contributed by atoms with van der Waals surface area (Å²) >= 11 is 3.49. The van der Waals surface area contributed by atoms with Gasteiger partial charge in [-0.25, -0.2) is 0 Å². The lowest BCUT2D eigenvalue weighted by atomic mass is 9.96. The van der Waals surface area contributed by atoms with Gasteiger partial charge in [0.2, 0.25) is 0 Å². The van der Waals surface area contributed by atoms with E-state index in [0.717, 1.165) is 17.3 Å². The number of fused-ring (bicyclic) bond motifs is 1. The Balaban J connectivity index is 2.43. The number of hydrogen-bond donors (Lipinski definition) is 3. The van der Waals surface area contributed by atoms with Crippen LogP contribution in [0.5, 0.6) is 5.75 Å². The molecule has 100 valence electrons. The Morgan fingerprint density at radius 2 is 2.06 bits per heavy atom. The quantitative estimate of drug-likeness (QED) is 0.752. The smallest absolute Gasteiger partial charge is 0.135 e. The third-order valence-corrected chi connectivity index (χ3v) is 4.45. The normalized spacial score (nSPS) is 17.1. The van der Waals surface area contributed by atoms with Gasteiger partial charge in [-0.2, -0.15) is 0 Å². The zero-order valence-electron chi connectivity index (χ0n) is 10.7. The lowest BCUT2D eigenvalue weighted by molar-refractivity contribution is 0.173. The molecule has 3 N–H and O–H groups in total. The fourth-order valence-corrected chi connectivity index (χ4v) is 3.28. The van der Waals surface area contributed by atoms with Crippen LogP contribution in [0, 0.1) is 0 Å². The Labute approximate surface area is 116 Å². The Morgan fingerprint density at radius 3 is 2.78 bits per heavy atom. The fourth-order valence-electron chi connectivity index (χ4n) is 2.60. The van der Waals surface area contributed by atoms with E-state index in [1.54, 1.807) is 7.05 Å². The van der Waals surface area contributed by atoms with Crippen molar-refractivity contribution in [2.24, 2.45) is 0 Å². The second-order valence-electron chi connectivity index (χ2n) is 4.90. The number of benzene rings is 1. The lowest BCUT2D eigenvalue weighted by Crippen LogP contribution is -2.17. The number of aryl methyl sites for hydroxylation is 1. The number of aliphatic hydroxyl groups is 1. The molecule has 0 fully saturated rings. The van der Waals surface area contributed by atoms with Gasteiger partial charge in [0.05, 0.1) is 10.6 Å². The molecular weight excluding hydrogens is 294 g/mol. The van der Waals surface area contributed by atoms with Crippen molar-refractivity contribution >= 4 is 15.9 Å². The van der Waals surface area contributed by atoms with Gasteiger partial charge in [0.1, 0.15) is 5.75 Å². The molecule has 1 aromatic carbocycles. The van der Waals surface area contributed by atoms with Gasteiger partial charge in [-0.1, -0.05) is 6.42 Å². The van der Waals surface area contributed by atoms with Crippen LogP contribution >= 0.6 is 15.9 Å². The molecule has 0 heterocycles. The van der Waals surface area contributed by atoms with Gasteiger partial charge >= 0.3 is 0 Å². The summed E-state index contributed by atoms with van der Waals surface area (Å²) in [6, 6.07) is 1.97. The minimum Gasteiger partial charge on any atom is -0.506 e. The molecule has 1 aromatic rings. The molecule has 0 aliphatic heterocycles. The van der Waals surface area contributed by atoms with Gasteiger partial charge in [-0.05, 0) is 65.9 Å². The SMILES string of the molecule is CNCC(O)c1cc2c(c(Br)c1O)CCCCC2. The van der Waals surface area contributed by atoms with Crippen LogP contribution in [-0.4, -0.2) is 23.8 Å². The zero-order valence-corrected chi connectivity index (χ0v) is 12.3. The van der Waals surface area contributed by atoms with Crippen molar-refractivity contribution in [1.82, 2.24) is 5.32 Å². The Hall–Kier alpha value is -0.580. The maximum absolute atomic E-state index is 10.2. The van der Waals surface area contributed by atoms with Crippen LogP contribution in [0.1, 0.15) is 42.1 Å². The third kappa shape index (κ3) is 2.71. The molecule has 3 nitrogen and oxygen atoms in total. The predicted molar refractivity (Wildman–Crippen MR) is 76.0 cm³/mol. The second-order valence-corrected chi connectivity index (χ2v) is 5.69. The number of phenolic OH excluding ortho intramolecular Hbond substituents is 1. The average molecular weight is 314 g/mol. The lowest BCUT2D eigenvalue weighted by Gasteiger charge is -2.18. The molecule has 1 atom stereocenters. The minimum atomic E-state index is -0.667. The number of phenols is 1. The van der Waals surface area contributed by atoms with Gasteiger partial charge in [-0.3, -0.25) is 0 Å². The number of likely N-dealkylation sites (N-methyl/N-ethyl adjacent to an activating group) is 1. The standard InChI is InChI=1S/C14H20BrNO2/c1-16-8-12(17)11-7-9-5-3-2-4-6-10(9)13(15)14(11)18/h7,12,16-18H,2-6,8H2,1H3. The monoisotopic (exact) mass is 313 g/mol. The summed E-state index contributed by atoms with van der Waals surface area (Å²) in [7, 11) is 1.79. The number of halogens is 1. The molecule has 18 heavy (non-hydrogen) atoms. The fraction of sp³-hybridized carbons (Fsp3) is 0.571. The number of nitrogens with one attached hydrogen (secondary N) is 1. The summed E-state index contributed by atoms with van der Waals surface area (Å²) in [6.45, 7) is 0.443. The van der Waals surface area contributed by atoms with E-state index in [2.05, 4.69) is 21.2 Å². The van der Waals surface area contributed by atoms with Crippen LogP contribution in [0.2, 0.25) is 0 Å². The molecule has 4 heteroatoms. The maximum atomic E-state index is 10.2. The van der Waals surface area contributed by atoms with E-state index in [4.69, 9.17) is 0 Å². The van der Waals surface area contributed by atoms with Crippen LogP contribution in [0.15, 0.2) is 10.5 Å². The molecule has 0 radical (unpaired) electrons. The molecule has 0 amide bonds. The molecule has 2 rings (SSSR count). The predicted octanol–water partition coefficient (Wildman–Crippen LogP) is 2.68. The molecule has 0 saturated carbocycles. The van der Waals surface area contributed by atoms with Crippen molar-refractivity contribution < 1.29 is 10.2 Å². The van der Waals surface area contributed by atoms with E-state index in [1.165, 1.54) is 30.4 Å². The van der Waals surface area contributed by atoms with E-state index in [1.807, 2.05) is 6.07 Å². The molecule has 0 aromatic heterocycles. The van der Waals surface area contributed by atoms with E-state index >= 15 is 0 Å². The number of aliphatic hydroxyl groups excluding tert-OH is 1. The molecule has 0 saturated heterocycles. The molecule has 1 aliphatic carbocycles. The highest BCUT2D eigenvalue weighted by Gasteiger charge is 2.21. The van der Waals surface area contributed by atoms with E-state index < -0.39 is 6.10 Å². The Morgan fingerprint density at radius 1 is 1.33 bits per heavy atom. The zero-order chi connectivity index (χ0) is 13.1. The van der Waals surface area contributed by atoms with Crippen molar-refractivity contribution in [3.05, 3.63) is 27.2 Å². The van der Waals surface area contributed by atoms with Crippen LogP contribution in [-0.2, 0) is 12.8 Å². The topological polar surface area (TPSA) is 52.5 Å². The first-order valence-electron chi connectivity index (χ1n) is 6.51. The minimum absolute atomic E-state index is 0.193. The second kappa shape index (κ2) is 6.04.